The molecule has 0 fully saturated rings. The molecular weight excluding hydrogens is 132 g/mol. The number of hydrogen-bond donors (Lipinski definition) is 0. The molecule has 0 aromatic heterocycles. The second-order valence-corrected chi connectivity index (χ2v) is 4.91. The minimum Gasteiger partial charge on any atom is -0.103 e. The van der Waals surface area contributed by atoms with E-state index in [1.807, 2.05) is 0 Å². The molecule has 0 amide bonds. The van der Waals surface area contributed by atoms with E-state index in [0.717, 1.165) is 5.92 Å². The zero-order chi connectivity index (χ0) is 9.07. The normalized spacial score (nSPS) is 15.1. The van der Waals surface area contributed by atoms with Crippen molar-refractivity contribution < 1.29 is 0 Å². The molecule has 0 spiro atoms. The highest BCUT2D eigenvalue weighted by Crippen LogP contribution is 2.29. The molecule has 0 aliphatic carbocycles. The van der Waals surface area contributed by atoms with Gasteiger partial charge in [0.2, 0.25) is 0 Å². The average molecular weight is 154 g/mol. The zero-order valence-electron chi connectivity index (χ0n) is 8.65. The first kappa shape index (κ1) is 10.7. The van der Waals surface area contributed by atoms with Crippen molar-refractivity contribution in [1.29, 1.82) is 0 Å². The van der Waals surface area contributed by atoms with Crippen LogP contribution in [0.25, 0.3) is 0 Å². The lowest BCUT2D eigenvalue weighted by atomic mass is 9.80. The summed E-state index contributed by atoms with van der Waals surface area (Å²) >= 11 is 0. The van der Waals surface area contributed by atoms with E-state index in [1.54, 1.807) is 0 Å². The quantitative estimate of drug-likeness (QED) is 0.541. The van der Waals surface area contributed by atoms with Crippen molar-refractivity contribution in [2.75, 3.05) is 0 Å². The number of hydrogen-bond acceptors (Lipinski definition) is 0. The van der Waals surface area contributed by atoms with Crippen molar-refractivity contribution in [3.8, 4) is 0 Å². The first-order chi connectivity index (χ1) is 4.87. The SMILES string of the molecule is C=CC(CC(C)(C)C)C(C)C. The van der Waals surface area contributed by atoms with Gasteiger partial charge in [0.1, 0.15) is 0 Å². The summed E-state index contributed by atoms with van der Waals surface area (Å²) in [5, 5.41) is 0. The van der Waals surface area contributed by atoms with Crippen LogP contribution in [0.2, 0.25) is 0 Å². The van der Waals surface area contributed by atoms with Gasteiger partial charge < -0.3 is 0 Å². The molecule has 0 heterocycles. The van der Waals surface area contributed by atoms with E-state index >= 15 is 0 Å². The van der Waals surface area contributed by atoms with Crippen LogP contribution in [0.4, 0.5) is 0 Å². The van der Waals surface area contributed by atoms with E-state index < -0.39 is 0 Å². The fraction of sp³-hybridized carbons (Fsp3) is 0.818. The van der Waals surface area contributed by atoms with Crippen molar-refractivity contribution in [2.45, 2.75) is 41.0 Å². The van der Waals surface area contributed by atoms with Gasteiger partial charge in [0.25, 0.3) is 0 Å². The Morgan fingerprint density at radius 3 is 1.82 bits per heavy atom. The molecule has 0 aliphatic rings. The van der Waals surface area contributed by atoms with Gasteiger partial charge in [-0.1, -0.05) is 40.7 Å². The molecule has 0 saturated heterocycles. The van der Waals surface area contributed by atoms with E-state index in [9.17, 15) is 0 Å². The summed E-state index contributed by atoms with van der Waals surface area (Å²) in [5.41, 5.74) is 0.434. The Kier molecular flexibility index (Phi) is 3.85. The molecule has 0 aromatic rings. The average Bonchev–Trinajstić information content (AvgIpc) is 1.80. The van der Waals surface area contributed by atoms with Crippen LogP contribution >= 0.6 is 0 Å². The van der Waals surface area contributed by atoms with Crippen LogP contribution in [0.1, 0.15) is 41.0 Å². The van der Waals surface area contributed by atoms with Gasteiger partial charge in [-0.25, -0.2) is 0 Å². The van der Waals surface area contributed by atoms with Crippen molar-refractivity contribution in [3.63, 3.8) is 0 Å². The highest BCUT2D eigenvalue weighted by atomic mass is 14.2. The highest BCUT2D eigenvalue weighted by molar-refractivity contribution is 4.84. The molecule has 0 saturated carbocycles. The van der Waals surface area contributed by atoms with E-state index in [2.05, 4.69) is 47.3 Å². The lowest BCUT2D eigenvalue weighted by molar-refractivity contribution is 0.283. The van der Waals surface area contributed by atoms with Gasteiger partial charge >= 0.3 is 0 Å². The number of allylic oxidation sites excluding steroid dienone is 1. The Hall–Kier alpha value is -0.260. The molecule has 1 atom stereocenters. The van der Waals surface area contributed by atoms with Gasteiger partial charge in [-0.2, -0.15) is 0 Å². The molecule has 0 rings (SSSR count). The summed E-state index contributed by atoms with van der Waals surface area (Å²) in [7, 11) is 0. The van der Waals surface area contributed by atoms with E-state index in [1.165, 1.54) is 6.42 Å². The minimum absolute atomic E-state index is 0.434. The lowest BCUT2D eigenvalue weighted by Crippen LogP contribution is -2.15. The number of rotatable bonds is 3. The topological polar surface area (TPSA) is 0 Å². The summed E-state index contributed by atoms with van der Waals surface area (Å²) < 4.78 is 0. The zero-order valence-corrected chi connectivity index (χ0v) is 8.65. The molecule has 0 aliphatic heterocycles. The Morgan fingerprint density at radius 2 is 1.73 bits per heavy atom. The summed E-state index contributed by atoms with van der Waals surface area (Å²) in [5.74, 6) is 1.40. The molecular formula is C11H22. The summed E-state index contributed by atoms with van der Waals surface area (Å²) in [6, 6.07) is 0. The van der Waals surface area contributed by atoms with Crippen molar-refractivity contribution in [3.05, 3.63) is 12.7 Å². The molecule has 1 unspecified atom stereocenters. The van der Waals surface area contributed by atoms with E-state index in [-0.39, 0.29) is 0 Å². The molecule has 11 heavy (non-hydrogen) atoms. The minimum atomic E-state index is 0.434. The first-order valence-electron chi connectivity index (χ1n) is 4.49. The summed E-state index contributed by atoms with van der Waals surface area (Å²) in [6.45, 7) is 15.2. The van der Waals surface area contributed by atoms with Crippen molar-refractivity contribution >= 4 is 0 Å². The van der Waals surface area contributed by atoms with Gasteiger partial charge in [-0.05, 0) is 23.7 Å². The Morgan fingerprint density at radius 1 is 1.27 bits per heavy atom. The third kappa shape index (κ3) is 5.06. The first-order valence-corrected chi connectivity index (χ1v) is 4.49. The fourth-order valence-electron chi connectivity index (χ4n) is 1.30. The molecule has 0 heteroatoms. The smallest absolute Gasteiger partial charge is 0.0208 e. The highest BCUT2D eigenvalue weighted by Gasteiger charge is 2.18. The van der Waals surface area contributed by atoms with Gasteiger partial charge in [0.15, 0.2) is 0 Å². The van der Waals surface area contributed by atoms with Crippen LogP contribution in [-0.2, 0) is 0 Å². The summed E-state index contributed by atoms with van der Waals surface area (Å²) in [6.07, 6.45) is 3.34. The molecule has 0 bridgehead atoms. The largest absolute Gasteiger partial charge is 0.103 e. The van der Waals surface area contributed by atoms with Gasteiger partial charge in [0.05, 0.1) is 0 Å². The van der Waals surface area contributed by atoms with Crippen molar-refractivity contribution in [1.82, 2.24) is 0 Å². The standard InChI is InChI=1S/C11H22/c1-7-10(9(2)3)8-11(4,5)6/h7,9-10H,1,8H2,2-6H3. The molecule has 0 nitrogen and oxygen atoms in total. The monoisotopic (exact) mass is 154 g/mol. The Bertz CT molecular complexity index is 114. The van der Waals surface area contributed by atoms with Crippen LogP contribution in [-0.4, -0.2) is 0 Å². The fourth-order valence-corrected chi connectivity index (χ4v) is 1.30. The van der Waals surface area contributed by atoms with Crippen LogP contribution in [0.5, 0.6) is 0 Å². The molecule has 0 aromatic carbocycles. The summed E-state index contributed by atoms with van der Waals surface area (Å²) in [4.78, 5) is 0. The maximum absolute atomic E-state index is 3.87. The maximum atomic E-state index is 3.87. The van der Waals surface area contributed by atoms with Crippen molar-refractivity contribution in [2.24, 2.45) is 17.3 Å². The van der Waals surface area contributed by atoms with Gasteiger partial charge in [-0.3, -0.25) is 0 Å². The van der Waals surface area contributed by atoms with Crippen LogP contribution < -0.4 is 0 Å². The lowest BCUT2D eigenvalue weighted by Gasteiger charge is -2.26. The predicted molar refractivity (Wildman–Crippen MR) is 52.6 cm³/mol. The maximum Gasteiger partial charge on any atom is -0.0208 e. The second-order valence-electron chi connectivity index (χ2n) is 4.91. The third-order valence-electron chi connectivity index (χ3n) is 2.01. The Balaban J connectivity index is 3.99. The van der Waals surface area contributed by atoms with Crippen LogP contribution in [0.3, 0.4) is 0 Å². The predicted octanol–water partition coefficient (Wildman–Crippen LogP) is 3.88. The van der Waals surface area contributed by atoms with Gasteiger partial charge in [-0.15, -0.1) is 6.58 Å². The van der Waals surface area contributed by atoms with Crippen LogP contribution in [0.15, 0.2) is 12.7 Å². The second kappa shape index (κ2) is 3.94. The molecule has 0 N–H and O–H groups in total. The van der Waals surface area contributed by atoms with E-state index in [4.69, 9.17) is 0 Å². The Labute approximate surface area is 71.7 Å². The molecule has 66 valence electrons. The molecule has 0 radical (unpaired) electrons. The van der Waals surface area contributed by atoms with Crippen LogP contribution in [0, 0.1) is 17.3 Å². The third-order valence-corrected chi connectivity index (χ3v) is 2.01. The van der Waals surface area contributed by atoms with E-state index in [0.29, 0.717) is 11.3 Å². The van der Waals surface area contributed by atoms with Gasteiger partial charge in [0, 0.05) is 0 Å².